The molecule has 1 atom stereocenters. The first-order valence-corrected chi connectivity index (χ1v) is 10.1. The maximum Gasteiger partial charge on any atom is 0.340 e. The molecule has 1 amide bonds. The second-order valence-corrected chi connectivity index (χ2v) is 7.59. The van der Waals surface area contributed by atoms with Gasteiger partial charge in [-0.1, -0.05) is 54.6 Å². The molecular weight excluding hydrogens is 384 g/mol. The van der Waals surface area contributed by atoms with E-state index >= 15 is 0 Å². The van der Waals surface area contributed by atoms with Gasteiger partial charge in [-0.05, 0) is 23.1 Å². The second kappa shape index (κ2) is 8.32. The average molecular weight is 404 g/mol. The molecule has 4 rings (SSSR count). The Hall–Kier alpha value is -3.38. The van der Waals surface area contributed by atoms with Gasteiger partial charge in [-0.3, -0.25) is 4.79 Å². The number of ether oxygens (including phenoxy) is 1. The van der Waals surface area contributed by atoms with Gasteiger partial charge >= 0.3 is 5.97 Å². The van der Waals surface area contributed by atoms with Crippen LogP contribution in [0.3, 0.4) is 0 Å². The molecule has 0 saturated carbocycles. The van der Waals surface area contributed by atoms with Crippen molar-refractivity contribution in [3.05, 3.63) is 94.3 Å². The van der Waals surface area contributed by atoms with Crippen LogP contribution < -0.4 is 5.32 Å². The predicted molar refractivity (Wildman–Crippen MR) is 114 cm³/mol. The molecule has 29 heavy (non-hydrogen) atoms. The molecule has 2 aromatic carbocycles. The van der Waals surface area contributed by atoms with Crippen molar-refractivity contribution in [1.29, 1.82) is 0 Å². The number of nitrogens with one attached hydrogen (secondary N) is 1. The summed E-state index contributed by atoms with van der Waals surface area (Å²) in [7, 11) is 1.35. The first-order valence-electron chi connectivity index (χ1n) is 9.21. The highest BCUT2D eigenvalue weighted by Crippen LogP contribution is 2.26. The zero-order valence-corrected chi connectivity index (χ0v) is 16.7. The number of fused-ring (bicyclic) bond motifs is 1. The van der Waals surface area contributed by atoms with Crippen molar-refractivity contribution >= 4 is 34.1 Å². The first kappa shape index (κ1) is 19.0. The van der Waals surface area contributed by atoms with Gasteiger partial charge in [-0.2, -0.15) is 0 Å². The smallest absolute Gasteiger partial charge is 0.340 e. The Morgan fingerprint density at radius 2 is 1.79 bits per heavy atom. The van der Waals surface area contributed by atoms with E-state index < -0.39 is 5.97 Å². The van der Waals surface area contributed by atoms with E-state index in [4.69, 9.17) is 4.74 Å². The summed E-state index contributed by atoms with van der Waals surface area (Å²) in [6.07, 6.45) is 1.68. The van der Waals surface area contributed by atoms with Crippen LogP contribution in [0.4, 0.5) is 0 Å². The van der Waals surface area contributed by atoms with E-state index in [1.807, 2.05) is 72.1 Å². The van der Waals surface area contributed by atoms with E-state index in [1.165, 1.54) is 7.11 Å². The van der Waals surface area contributed by atoms with E-state index in [0.717, 1.165) is 21.3 Å². The summed E-state index contributed by atoms with van der Waals surface area (Å²) in [6, 6.07) is 21.2. The molecule has 0 saturated heterocycles. The highest BCUT2D eigenvalue weighted by atomic mass is 32.1. The fraction of sp³-hybridized carbons (Fsp3) is 0.130. The third kappa shape index (κ3) is 3.93. The van der Waals surface area contributed by atoms with Crippen LogP contribution in [-0.4, -0.2) is 23.6 Å². The van der Waals surface area contributed by atoms with Gasteiger partial charge in [0.25, 0.3) is 0 Å². The third-order valence-electron chi connectivity index (χ3n) is 4.77. The third-order valence-corrected chi connectivity index (χ3v) is 5.71. The number of benzene rings is 2. The molecule has 0 spiro atoms. The molecule has 0 aliphatic rings. The Balaban J connectivity index is 1.61. The standard InChI is InChI=1S/C23H20N2O3S/c1-28-23(27)18-14-25(19-11-6-5-10-17(18)19)15-21(26)24-22(20-12-7-13-29-20)16-8-3-2-4-9-16/h2-14,22H,15H2,1H3,(H,24,26). The molecule has 6 heteroatoms. The van der Waals surface area contributed by atoms with Gasteiger partial charge in [0.15, 0.2) is 0 Å². The van der Waals surface area contributed by atoms with Crippen LogP contribution in [0.15, 0.2) is 78.3 Å². The average Bonchev–Trinajstić information content (AvgIpc) is 3.41. The summed E-state index contributed by atoms with van der Waals surface area (Å²) < 4.78 is 6.67. The lowest BCUT2D eigenvalue weighted by Gasteiger charge is -2.18. The molecule has 2 heterocycles. The molecule has 0 bridgehead atoms. The van der Waals surface area contributed by atoms with Gasteiger partial charge in [0.2, 0.25) is 5.91 Å². The monoisotopic (exact) mass is 404 g/mol. The fourth-order valence-corrected chi connectivity index (χ4v) is 4.23. The number of esters is 1. The number of para-hydroxylation sites is 1. The molecule has 5 nitrogen and oxygen atoms in total. The van der Waals surface area contributed by atoms with E-state index in [0.29, 0.717) is 5.56 Å². The molecular formula is C23H20N2O3S. The normalized spacial score (nSPS) is 11.9. The molecule has 1 N–H and O–H groups in total. The van der Waals surface area contributed by atoms with Gasteiger partial charge < -0.3 is 14.6 Å². The van der Waals surface area contributed by atoms with Crippen molar-refractivity contribution in [2.45, 2.75) is 12.6 Å². The number of hydrogen-bond donors (Lipinski definition) is 1. The topological polar surface area (TPSA) is 60.3 Å². The number of thiophene rings is 1. The Kier molecular flexibility index (Phi) is 5.44. The van der Waals surface area contributed by atoms with Crippen LogP contribution in [-0.2, 0) is 16.1 Å². The van der Waals surface area contributed by atoms with Crippen LogP contribution in [0, 0.1) is 0 Å². The molecule has 146 valence electrons. The van der Waals surface area contributed by atoms with Gasteiger partial charge in [0.05, 0.1) is 18.7 Å². The minimum Gasteiger partial charge on any atom is -0.465 e. The number of hydrogen-bond acceptors (Lipinski definition) is 4. The number of rotatable bonds is 6. The Morgan fingerprint density at radius 1 is 1.03 bits per heavy atom. The molecule has 0 aliphatic carbocycles. The predicted octanol–water partition coefficient (Wildman–Crippen LogP) is 4.40. The van der Waals surface area contributed by atoms with Gasteiger partial charge in [-0.25, -0.2) is 4.79 Å². The van der Waals surface area contributed by atoms with E-state index in [-0.39, 0.29) is 18.5 Å². The maximum atomic E-state index is 12.9. The number of carbonyl (C=O) groups excluding carboxylic acids is 2. The second-order valence-electron chi connectivity index (χ2n) is 6.61. The van der Waals surface area contributed by atoms with Crippen LogP contribution in [0.2, 0.25) is 0 Å². The van der Waals surface area contributed by atoms with E-state index in [9.17, 15) is 9.59 Å². The maximum absolute atomic E-state index is 12.9. The minimum absolute atomic E-state index is 0.103. The number of carbonyl (C=O) groups is 2. The number of amides is 1. The van der Waals surface area contributed by atoms with Crippen LogP contribution >= 0.6 is 11.3 Å². The van der Waals surface area contributed by atoms with Gasteiger partial charge in [0, 0.05) is 22.0 Å². The van der Waals surface area contributed by atoms with Crippen molar-refractivity contribution in [3.8, 4) is 0 Å². The van der Waals surface area contributed by atoms with Crippen molar-refractivity contribution in [1.82, 2.24) is 9.88 Å². The minimum atomic E-state index is -0.416. The summed E-state index contributed by atoms with van der Waals surface area (Å²) in [4.78, 5) is 26.1. The lowest BCUT2D eigenvalue weighted by molar-refractivity contribution is -0.122. The summed E-state index contributed by atoms with van der Waals surface area (Å²) in [5.74, 6) is -0.550. The molecule has 4 aromatic rings. The van der Waals surface area contributed by atoms with E-state index in [1.54, 1.807) is 22.1 Å². The summed E-state index contributed by atoms with van der Waals surface area (Å²) in [5.41, 5.74) is 2.29. The van der Waals surface area contributed by atoms with Crippen LogP contribution in [0.25, 0.3) is 10.9 Å². The van der Waals surface area contributed by atoms with Crippen molar-refractivity contribution in [3.63, 3.8) is 0 Å². The van der Waals surface area contributed by atoms with Crippen molar-refractivity contribution < 1.29 is 14.3 Å². The summed E-state index contributed by atoms with van der Waals surface area (Å²) in [5, 5.41) is 5.90. The summed E-state index contributed by atoms with van der Waals surface area (Å²) in [6.45, 7) is 0.103. The highest BCUT2D eigenvalue weighted by Gasteiger charge is 2.20. The summed E-state index contributed by atoms with van der Waals surface area (Å²) >= 11 is 1.60. The highest BCUT2D eigenvalue weighted by molar-refractivity contribution is 7.10. The lowest BCUT2D eigenvalue weighted by atomic mass is 10.1. The number of methoxy groups -OCH3 is 1. The van der Waals surface area contributed by atoms with Crippen LogP contribution in [0.1, 0.15) is 26.8 Å². The Morgan fingerprint density at radius 3 is 2.52 bits per heavy atom. The molecule has 0 radical (unpaired) electrons. The molecule has 0 fully saturated rings. The fourth-order valence-electron chi connectivity index (χ4n) is 3.43. The SMILES string of the molecule is COC(=O)c1cn(CC(=O)NC(c2ccccc2)c2cccs2)c2ccccc12. The lowest BCUT2D eigenvalue weighted by Crippen LogP contribution is -2.31. The molecule has 0 aliphatic heterocycles. The van der Waals surface area contributed by atoms with Crippen molar-refractivity contribution in [2.24, 2.45) is 0 Å². The zero-order chi connectivity index (χ0) is 20.2. The first-order chi connectivity index (χ1) is 14.2. The Labute approximate surface area is 172 Å². The largest absolute Gasteiger partial charge is 0.465 e. The van der Waals surface area contributed by atoms with Crippen LogP contribution in [0.5, 0.6) is 0 Å². The Bertz CT molecular complexity index is 1130. The van der Waals surface area contributed by atoms with Gasteiger partial charge in [0.1, 0.15) is 6.54 Å². The van der Waals surface area contributed by atoms with E-state index in [2.05, 4.69) is 5.32 Å². The molecule has 2 aromatic heterocycles. The van der Waals surface area contributed by atoms with Crippen molar-refractivity contribution in [2.75, 3.05) is 7.11 Å². The molecule has 1 unspecified atom stereocenters. The number of nitrogens with zero attached hydrogens (tertiary/aromatic N) is 1. The zero-order valence-electron chi connectivity index (χ0n) is 15.9. The quantitative estimate of drug-likeness (QED) is 0.485. The van der Waals surface area contributed by atoms with Gasteiger partial charge in [-0.15, -0.1) is 11.3 Å². The number of aromatic nitrogens is 1.